The van der Waals surface area contributed by atoms with Gasteiger partial charge in [-0.1, -0.05) is 48.2 Å². The zero-order chi connectivity index (χ0) is 16.1. The van der Waals surface area contributed by atoms with Crippen molar-refractivity contribution in [2.75, 3.05) is 0 Å². The van der Waals surface area contributed by atoms with E-state index in [1.807, 2.05) is 41.0 Å². The third-order valence-electron chi connectivity index (χ3n) is 3.34. The number of thiophene rings is 1. The molecule has 0 aliphatic heterocycles. The van der Waals surface area contributed by atoms with Crippen molar-refractivity contribution in [2.24, 2.45) is 5.73 Å². The first-order valence-corrected chi connectivity index (χ1v) is 8.91. The predicted molar refractivity (Wildman–Crippen MR) is 92.3 cm³/mol. The fourth-order valence-corrected chi connectivity index (χ4v) is 3.88. The molecule has 23 heavy (non-hydrogen) atoms. The molecule has 1 atom stereocenters. The van der Waals surface area contributed by atoms with Crippen molar-refractivity contribution in [1.29, 1.82) is 0 Å². The maximum Gasteiger partial charge on any atom is 0.235 e. The number of nitrogens with two attached hydrogens (primary N) is 1. The zero-order valence-electron chi connectivity index (χ0n) is 12.3. The van der Waals surface area contributed by atoms with Gasteiger partial charge in [0.15, 0.2) is 5.16 Å². The molecule has 0 radical (unpaired) electrons. The van der Waals surface area contributed by atoms with Gasteiger partial charge in [-0.3, -0.25) is 4.79 Å². The maximum atomic E-state index is 11.8. The largest absolute Gasteiger partial charge is 0.368 e. The van der Waals surface area contributed by atoms with Gasteiger partial charge >= 0.3 is 0 Å². The van der Waals surface area contributed by atoms with Crippen molar-refractivity contribution in [3.63, 3.8) is 0 Å². The number of carbonyl (C=O) groups excluding carboxylic acids is 1. The summed E-state index contributed by atoms with van der Waals surface area (Å²) in [4.78, 5) is 13.1. The van der Waals surface area contributed by atoms with E-state index in [2.05, 4.69) is 21.6 Å². The molecule has 0 fully saturated rings. The van der Waals surface area contributed by atoms with Gasteiger partial charge < -0.3 is 10.3 Å². The summed E-state index contributed by atoms with van der Waals surface area (Å²) in [5.41, 5.74) is 6.44. The summed E-state index contributed by atoms with van der Waals surface area (Å²) in [6.45, 7) is 0.774. The monoisotopic (exact) mass is 344 g/mol. The van der Waals surface area contributed by atoms with Crippen LogP contribution >= 0.6 is 23.1 Å². The van der Waals surface area contributed by atoms with E-state index < -0.39 is 5.25 Å². The van der Waals surface area contributed by atoms with Crippen LogP contribution in [-0.2, 0) is 17.8 Å². The normalized spacial score (nSPS) is 12.2. The van der Waals surface area contributed by atoms with Crippen LogP contribution in [0.2, 0.25) is 0 Å². The molecule has 2 N–H and O–H groups in total. The molecule has 5 nitrogen and oxygen atoms in total. The Kier molecular flexibility index (Phi) is 5.09. The predicted octanol–water partition coefficient (Wildman–Crippen LogP) is 2.90. The van der Waals surface area contributed by atoms with Gasteiger partial charge in [-0.15, -0.1) is 21.5 Å². The van der Waals surface area contributed by atoms with Crippen LogP contribution in [0.25, 0.3) is 0 Å². The van der Waals surface area contributed by atoms with Gasteiger partial charge in [-0.05, 0) is 23.4 Å². The molecule has 0 aliphatic rings. The average molecular weight is 344 g/mol. The lowest BCUT2D eigenvalue weighted by Gasteiger charge is -2.13. The second-order valence-electron chi connectivity index (χ2n) is 4.95. The summed E-state index contributed by atoms with van der Waals surface area (Å²) < 4.78 is 1.96. The highest BCUT2D eigenvalue weighted by Gasteiger charge is 2.22. The van der Waals surface area contributed by atoms with E-state index in [1.54, 1.807) is 17.7 Å². The molecule has 2 aromatic heterocycles. The summed E-state index contributed by atoms with van der Waals surface area (Å²) in [6, 6.07) is 13.7. The minimum atomic E-state index is -0.471. The lowest BCUT2D eigenvalue weighted by molar-refractivity contribution is -0.117. The molecule has 0 aliphatic carbocycles. The highest BCUT2D eigenvalue weighted by atomic mass is 32.2. The SMILES string of the molecule is NC(=O)C(Sc1nncn1CCc1cccs1)c1ccccc1. The number of thioether (sulfide) groups is 1. The minimum Gasteiger partial charge on any atom is -0.368 e. The molecule has 0 bridgehead atoms. The van der Waals surface area contributed by atoms with Crippen LogP contribution in [0.3, 0.4) is 0 Å². The van der Waals surface area contributed by atoms with E-state index in [1.165, 1.54) is 16.6 Å². The molecule has 0 saturated heterocycles. The molecule has 118 valence electrons. The first-order chi connectivity index (χ1) is 11.2. The number of aromatic nitrogens is 3. The van der Waals surface area contributed by atoms with Gasteiger partial charge in [0.1, 0.15) is 11.6 Å². The molecule has 0 spiro atoms. The van der Waals surface area contributed by atoms with Crippen molar-refractivity contribution >= 4 is 29.0 Å². The Labute approximate surface area is 142 Å². The number of carbonyl (C=O) groups is 1. The van der Waals surface area contributed by atoms with Gasteiger partial charge in [0.05, 0.1) is 0 Å². The Morgan fingerprint density at radius 2 is 2.09 bits per heavy atom. The van der Waals surface area contributed by atoms with E-state index in [-0.39, 0.29) is 5.91 Å². The number of hydrogen-bond acceptors (Lipinski definition) is 5. The van der Waals surface area contributed by atoms with Crippen LogP contribution in [0.1, 0.15) is 15.7 Å². The average Bonchev–Trinajstić information content (AvgIpc) is 3.22. The van der Waals surface area contributed by atoms with Crippen molar-refractivity contribution in [3.8, 4) is 0 Å². The number of aryl methyl sites for hydroxylation is 2. The van der Waals surface area contributed by atoms with Crippen molar-refractivity contribution < 1.29 is 4.79 Å². The van der Waals surface area contributed by atoms with Crippen molar-refractivity contribution in [3.05, 3.63) is 64.6 Å². The smallest absolute Gasteiger partial charge is 0.235 e. The third kappa shape index (κ3) is 4.00. The quantitative estimate of drug-likeness (QED) is 0.669. The first-order valence-electron chi connectivity index (χ1n) is 7.15. The Morgan fingerprint density at radius 1 is 1.26 bits per heavy atom. The van der Waals surface area contributed by atoms with Crippen molar-refractivity contribution in [2.45, 2.75) is 23.4 Å². The standard InChI is InChI=1S/C16H16N4OS2/c17-15(21)14(12-5-2-1-3-6-12)23-16-19-18-11-20(16)9-8-13-7-4-10-22-13/h1-7,10-11,14H,8-9H2,(H2,17,21). The summed E-state index contributed by atoms with van der Waals surface area (Å²) >= 11 is 3.07. The number of hydrogen-bond donors (Lipinski definition) is 1. The summed E-state index contributed by atoms with van der Waals surface area (Å²) in [5, 5.41) is 10.4. The highest BCUT2D eigenvalue weighted by Crippen LogP contribution is 2.33. The van der Waals surface area contributed by atoms with Gasteiger partial charge in [0.25, 0.3) is 0 Å². The van der Waals surface area contributed by atoms with Gasteiger partial charge in [-0.2, -0.15) is 0 Å². The van der Waals surface area contributed by atoms with E-state index in [0.717, 1.165) is 18.5 Å². The lowest BCUT2D eigenvalue weighted by atomic mass is 10.1. The molecule has 1 amide bonds. The van der Waals surface area contributed by atoms with E-state index in [9.17, 15) is 4.79 Å². The second kappa shape index (κ2) is 7.43. The Hall–Kier alpha value is -2.12. The summed E-state index contributed by atoms with van der Waals surface area (Å²) in [7, 11) is 0. The minimum absolute atomic E-state index is 0.381. The van der Waals surface area contributed by atoms with E-state index in [4.69, 9.17) is 5.73 Å². The molecule has 1 aromatic carbocycles. The molecular formula is C16H16N4OS2. The van der Waals surface area contributed by atoms with Crippen LogP contribution in [0.4, 0.5) is 0 Å². The molecule has 3 rings (SSSR count). The molecule has 3 aromatic rings. The van der Waals surface area contributed by atoms with Gasteiger partial charge in [-0.25, -0.2) is 0 Å². The third-order valence-corrected chi connectivity index (χ3v) is 5.55. The van der Waals surface area contributed by atoms with Crippen LogP contribution in [0.15, 0.2) is 59.3 Å². The first kappa shape index (κ1) is 15.8. The number of primary amides is 1. The number of amides is 1. The molecular weight excluding hydrogens is 328 g/mol. The van der Waals surface area contributed by atoms with Crippen LogP contribution in [-0.4, -0.2) is 20.7 Å². The zero-order valence-corrected chi connectivity index (χ0v) is 14.0. The highest BCUT2D eigenvalue weighted by molar-refractivity contribution is 8.00. The molecule has 1 unspecified atom stereocenters. The Bertz CT molecular complexity index is 756. The molecule has 0 saturated carbocycles. The van der Waals surface area contributed by atoms with E-state index in [0.29, 0.717) is 5.16 Å². The van der Waals surface area contributed by atoms with Gasteiger partial charge in [0.2, 0.25) is 5.91 Å². The van der Waals surface area contributed by atoms with Gasteiger partial charge in [0, 0.05) is 11.4 Å². The lowest BCUT2D eigenvalue weighted by Crippen LogP contribution is -2.19. The van der Waals surface area contributed by atoms with Crippen molar-refractivity contribution in [1.82, 2.24) is 14.8 Å². The fraction of sp³-hybridized carbons (Fsp3) is 0.188. The van der Waals surface area contributed by atoms with E-state index >= 15 is 0 Å². The fourth-order valence-electron chi connectivity index (χ4n) is 2.20. The molecule has 7 heteroatoms. The molecule has 2 heterocycles. The van der Waals surface area contributed by atoms with Crippen LogP contribution in [0, 0.1) is 0 Å². The Morgan fingerprint density at radius 3 is 2.78 bits per heavy atom. The summed E-state index contributed by atoms with van der Waals surface area (Å²) in [6.07, 6.45) is 2.61. The topological polar surface area (TPSA) is 73.8 Å². The number of nitrogens with zero attached hydrogens (tertiary/aromatic N) is 3. The second-order valence-corrected chi connectivity index (χ2v) is 7.05. The number of benzene rings is 1. The van der Waals surface area contributed by atoms with Crippen LogP contribution in [0.5, 0.6) is 0 Å². The number of rotatable bonds is 7. The summed E-state index contributed by atoms with van der Waals surface area (Å²) in [5.74, 6) is -0.381. The maximum absolute atomic E-state index is 11.8. The Balaban J connectivity index is 1.74. The van der Waals surface area contributed by atoms with Crippen LogP contribution < -0.4 is 5.73 Å².